The first-order valence-electron chi connectivity index (χ1n) is 11.5. The summed E-state index contributed by atoms with van der Waals surface area (Å²) < 4.78 is 11.9. The number of carbonyl (C=O) groups excluding carboxylic acids is 1. The van der Waals surface area contributed by atoms with Crippen molar-refractivity contribution in [2.24, 2.45) is 4.99 Å². The minimum absolute atomic E-state index is 0.0684. The Morgan fingerprint density at radius 1 is 1.21 bits per heavy atom. The Hall–Kier alpha value is -3.26. The number of rotatable bonds is 7. The van der Waals surface area contributed by atoms with Gasteiger partial charge in [0.1, 0.15) is 17.0 Å². The fourth-order valence-corrected chi connectivity index (χ4v) is 4.27. The molecule has 2 fully saturated rings. The van der Waals surface area contributed by atoms with Crippen molar-refractivity contribution < 1.29 is 14.3 Å². The van der Waals surface area contributed by atoms with Gasteiger partial charge in [-0.05, 0) is 51.5 Å². The summed E-state index contributed by atoms with van der Waals surface area (Å²) in [6.45, 7) is 8.52. The lowest BCUT2D eigenvalue weighted by atomic mass is 9.92. The van der Waals surface area contributed by atoms with Crippen LogP contribution in [0.15, 0.2) is 53.4 Å². The van der Waals surface area contributed by atoms with E-state index in [1.54, 1.807) is 24.5 Å². The van der Waals surface area contributed by atoms with Crippen LogP contribution in [0.2, 0.25) is 0 Å². The van der Waals surface area contributed by atoms with E-state index in [2.05, 4.69) is 44.0 Å². The summed E-state index contributed by atoms with van der Waals surface area (Å²) in [5, 5.41) is 3.07. The normalized spacial score (nSPS) is 21.8. The molecule has 1 aromatic heterocycles. The number of nitrogens with zero attached hydrogens (tertiary/aromatic N) is 4. The number of allylic oxidation sites excluding steroid dienone is 3. The van der Waals surface area contributed by atoms with Gasteiger partial charge in [0.05, 0.1) is 24.8 Å². The SMILES string of the molecule is C=N/C(=C\C=C/C)C(=O)N[C@H]1CC[C@@H](Oc2cc(N3CCOCC3)cc3nccnc23)CC1. The molecule has 0 bridgehead atoms. The van der Waals surface area contributed by atoms with E-state index in [0.29, 0.717) is 5.70 Å². The zero-order chi connectivity index (χ0) is 23.0. The molecular formula is C25H31N5O3. The van der Waals surface area contributed by atoms with E-state index in [4.69, 9.17) is 9.47 Å². The molecule has 1 amide bonds. The Morgan fingerprint density at radius 3 is 2.70 bits per heavy atom. The van der Waals surface area contributed by atoms with E-state index in [9.17, 15) is 4.79 Å². The van der Waals surface area contributed by atoms with E-state index in [1.165, 1.54) is 0 Å². The van der Waals surface area contributed by atoms with Crippen LogP contribution in [0, 0.1) is 0 Å². The minimum Gasteiger partial charge on any atom is -0.488 e. The number of carbonyl (C=O) groups is 1. The van der Waals surface area contributed by atoms with Crippen LogP contribution in [0.3, 0.4) is 0 Å². The van der Waals surface area contributed by atoms with E-state index >= 15 is 0 Å². The summed E-state index contributed by atoms with van der Waals surface area (Å²) in [7, 11) is 0. The Morgan fingerprint density at radius 2 is 1.97 bits per heavy atom. The van der Waals surface area contributed by atoms with Crippen molar-refractivity contribution in [1.29, 1.82) is 0 Å². The van der Waals surface area contributed by atoms with Crippen LogP contribution >= 0.6 is 0 Å². The van der Waals surface area contributed by atoms with Gasteiger partial charge in [-0.25, -0.2) is 4.98 Å². The number of amides is 1. The third-order valence-electron chi connectivity index (χ3n) is 6.05. The van der Waals surface area contributed by atoms with E-state index < -0.39 is 0 Å². The standard InChI is InChI=1S/C25H31N5O3/c1-3-4-5-21(26-2)25(31)29-18-6-8-20(9-7-18)33-23-17-19(30-12-14-32-15-13-30)16-22-24(23)28-11-10-27-22/h3-5,10-11,16-18,20H,2,6-9,12-15H2,1H3,(H,29,31)/b4-3-,21-5-/t18-,20+. The molecule has 1 saturated heterocycles. The van der Waals surface area contributed by atoms with Gasteiger partial charge in [-0.15, -0.1) is 0 Å². The lowest BCUT2D eigenvalue weighted by Gasteiger charge is -2.31. The number of hydrogen-bond donors (Lipinski definition) is 1. The average Bonchev–Trinajstić information content (AvgIpc) is 2.86. The maximum atomic E-state index is 12.4. The van der Waals surface area contributed by atoms with Crippen molar-refractivity contribution in [1.82, 2.24) is 15.3 Å². The van der Waals surface area contributed by atoms with Crippen molar-refractivity contribution in [3.05, 3.63) is 48.5 Å². The zero-order valence-corrected chi connectivity index (χ0v) is 19.1. The lowest BCUT2D eigenvalue weighted by molar-refractivity contribution is -0.118. The number of ether oxygens (including phenoxy) is 2. The molecule has 0 spiro atoms. The number of morpholine rings is 1. The molecular weight excluding hydrogens is 418 g/mol. The first-order chi connectivity index (χ1) is 16.2. The highest BCUT2D eigenvalue weighted by Crippen LogP contribution is 2.33. The van der Waals surface area contributed by atoms with Gasteiger partial charge >= 0.3 is 0 Å². The van der Waals surface area contributed by atoms with E-state index in [1.807, 2.05) is 13.0 Å². The van der Waals surface area contributed by atoms with Gasteiger partial charge in [0.25, 0.3) is 5.91 Å². The van der Waals surface area contributed by atoms with Gasteiger partial charge in [0, 0.05) is 43.3 Å². The topological polar surface area (TPSA) is 88.9 Å². The van der Waals surface area contributed by atoms with Crippen LogP contribution < -0.4 is 15.0 Å². The number of aliphatic imine (C=N–C) groups is 1. The van der Waals surface area contributed by atoms with E-state index in [0.717, 1.165) is 74.5 Å². The summed E-state index contributed by atoms with van der Waals surface area (Å²) in [5.74, 6) is 0.578. The molecule has 2 aromatic rings. The lowest BCUT2D eigenvalue weighted by Crippen LogP contribution is -2.40. The predicted molar refractivity (Wildman–Crippen MR) is 130 cm³/mol. The molecule has 0 unspecified atom stereocenters. The molecule has 2 heterocycles. The van der Waals surface area contributed by atoms with Crippen molar-refractivity contribution in [3.8, 4) is 5.75 Å². The average molecular weight is 450 g/mol. The molecule has 1 N–H and O–H groups in total. The highest BCUT2D eigenvalue weighted by molar-refractivity contribution is 5.94. The number of hydrogen-bond acceptors (Lipinski definition) is 7. The molecule has 2 aliphatic rings. The smallest absolute Gasteiger partial charge is 0.270 e. The second-order valence-corrected chi connectivity index (χ2v) is 8.27. The molecule has 33 heavy (non-hydrogen) atoms. The van der Waals surface area contributed by atoms with Gasteiger partial charge in [-0.2, -0.15) is 0 Å². The summed E-state index contributed by atoms with van der Waals surface area (Å²) in [4.78, 5) is 27.6. The van der Waals surface area contributed by atoms with Crippen LogP contribution in [0.25, 0.3) is 11.0 Å². The van der Waals surface area contributed by atoms with Gasteiger partial charge < -0.3 is 19.7 Å². The molecule has 8 heteroatoms. The first-order valence-corrected chi connectivity index (χ1v) is 11.5. The van der Waals surface area contributed by atoms with E-state index in [-0.39, 0.29) is 18.1 Å². The summed E-state index contributed by atoms with van der Waals surface area (Å²) >= 11 is 0. The van der Waals surface area contributed by atoms with Crippen molar-refractivity contribution in [2.45, 2.75) is 44.8 Å². The first kappa shape index (κ1) is 22.9. The van der Waals surface area contributed by atoms with Crippen LogP contribution in [0.1, 0.15) is 32.6 Å². The van der Waals surface area contributed by atoms with Crippen LogP contribution in [0.5, 0.6) is 5.75 Å². The number of fused-ring (bicyclic) bond motifs is 1. The Kier molecular flexibility index (Phi) is 7.67. The maximum Gasteiger partial charge on any atom is 0.270 e. The van der Waals surface area contributed by atoms with Crippen LogP contribution in [0.4, 0.5) is 5.69 Å². The third-order valence-corrected chi connectivity index (χ3v) is 6.05. The fourth-order valence-electron chi connectivity index (χ4n) is 4.27. The summed E-state index contributed by atoms with van der Waals surface area (Å²) in [6.07, 6.45) is 12.2. The predicted octanol–water partition coefficient (Wildman–Crippen LogP) is 3.43. The Balaban J connectivity index is 1.41. The number of nitrogens with one attached hydrogen (secondary N) is 1. The molecule has 1 aliphatic carbocycles. The molecule has 1 aliphatic heterocycles. The third kappa shape index (κ3) is 5.76. The quantitative estimate of drug-likeness (QED) is 0.396. The van der Waals surface area contributed by atoms with Crippen molar-refractivity contribution in [2.75, 3.05) is 31.2 Å². The zero-order valence-electron chi connectivity index (χ0n) is 19.1. The molecule has 8 nitrogen and oxygen atoms in total. The summed E-state index contributed by atoms with van der Waals surface area (Å²) in [5.41, 5.74) is 3.02. The maximum absolute atomic E-state index is 12.4. The molecule has 4 rings (SSSR count). The molecule has 1 saturated carbocycles. The highest BCUT2D eigenvalue weighted by Gasteiger charge is 2.25. The van der Waals surface area contributed by atoms with Gasteiger partial charge in [0.2, 0.25) is 0 Å². The summed E-state index contributed by atoms with van der Waals surface area (Å²) in [6, 6.07) is 4.24. The second-order valence-electron chi connectivity index (χ2n) is 8.27. The minimum atomic E-state index is -0.188. The monoisotopic (exact) mass is 449 g/mol. The number of aromatic nitrogens is 2. The Bertz CT molecular complexity index is 1040. The van der Waals surface area contributed by atoms with Crippen LogP contribution in [-0.4, -0.2) is 61.0 Å². The molecule has 0 radical (unpaired) electrons. The Labute approximate surface area is 194 Å². The molecule has 1 aromatic carbocycles. The number of anilines is 1. The van der Waals surface area contributed by atoms with Gasteiger partial charge in [-0.1, -0.05) is 12.2 Å². The van der Waals surface area contributed by atoms with Crippen LogP contribution in [-0.2, 0) is 9.53 Å². The second kappa shape index (κ2) is 11.0. The van der Waals surface area contributed by atoms with Crippen molar-refractivity contribution >= 4 is 29.3 Å². The highest BCUT2D eigenvalue weighted by atomic mass is 16.5. The molecule has 0 atom stereocenters. The molecule has 174 valence electrons. The van der Waals surface area contributed by atoms with Gasteiger partial charge in [0.15, 0.2) is 0 Å². The van der Waals surface area contributed by atoms with Gasteiger partial charge in [-0.3, -0.25) is 14.8 Å². The number of benzene rings is 1. The fraction of sp³-hybridized carbons (Fsp3) is 0.440. The van der Waals surface area contributed by atoms with Crippen molar-refractivity contribution in [3.63, 3.8) is 0 Å². The largest absolute Gasteiger partial charge is 0.488 e.